The molecule has 0 unspecified atom stereocenters. The van der Waals surface area contributed by atoms with Gasteiger partial charge in [-0.05, 0) is 49.3 Å². The van der Waals surface area contributed by atoms with Crippen LogP contribution in [0.25, 0.3) is 0 Å². The first-order valence-electron chi connectivity index (χ1n) is 9.90. The third-order valence-corrected chi connectivity index (χ3v) is 6.87. The van der Waals surface area contributed by atoms with Gasteiger partial charge in [0.15, 0.2) is 0 Å². The van der Waals surface area contributed by atoms with Gasteiger partial charge in [0.2, 0.25) is 5.78 Å². The Morgan fingerprint density at radius 1 is 1.17 bits per heavy atom. The largest absolute Gasteiger partial charge is 0.399 e. The molecule has 1 aliphatic carbocycles. The van der Waals surface area contributed by atoms with Crippen LogP contribution in [0.5, 0.6) is 0 Å². The minimum Gasteiger partial charge on any atom is -0.399 e. The van der Waals surface area contributed by atoms with Crippen molar-refractivity contribution in [2.45, 2.75) is 54.9 Å². The molecule has 0 atom stereocenters. The second-order valence-electron chi connectivity index (χ2n) is 9.34. The Kier molecular flexibility index (Phi) is 4.88. The fraction of sp³-hybridized carbons (Fsp3) is 0.522. The summed E-state index contributed by atoms with van der Waals surface area (Å²) in [4.78, 5) is 31.2. The molecule has 1 heterocycles. The van der Waals surface area contributed by atoms with Crippen LogP contribution in [0.1, 0.15) is 71.6 Å². The van der Waals surface area contributed by atoms with Crippen molar-refractivity contribution in [3.8, 4) is 0 Å². The number of hydrogen-bond acceptors (Lipinski definition) is 4. The van der Waals surface area contributed by atoms with Gasteiger partial charge in [-0.25, -0.2) is 0 Å². The zero-order chi connectivity index (χ0) is 21.9. The van der Waals surface area contributed by atoms with Gasteiger partial charge >= 0.3 is 0 Å². The first kappa shape index (κ1) is 21.1. The minimum absolute atomic E-state index is 0.0328. The minimum atomic E-state index is -0.309. The number of hydrogen-bond donors (Lipinski definition) is 1. The van der Waals surface area contributed by atoms with Crippen LogP contribution in [0, 0.1) is 31.6 Å². The molecule has 0 saturated carbocycles. The topological polar surface area (TPSA) is 76.4 Å². The van der Waals surface area contributed by atoms with Crippen molar-refractivity contribution >= 4 is 11.5 Å². The van der Waals surface area contributed by atoms with Crippen molar-refractivity contribution in [3.63, 3.8) is 0 Å². The van der Waals surface area contributed by atoms with Crippen LogP contribution in [-0.4, -0.2) is 28.4 Å². The van der Waals surface area contributed by atoms with Crippen molar-refractivity contribution in [1.82, 2.24) is 9.78 Å². The van der Waals surface area contributed by atoms with Gasteiger partial charge in [-0.1, -0.05) is 38.9 Å². The van der Waals surface area contributed by atoms with Crippen molar-refractivity contribution in [1.29, 1.82) is 0 Å². The van der Waals surface area contributed by atoms with Crippen molar-refractivity contribution in [2.24, 2.45) is 23.0 Å². The Morgan fingerprint density at radius 3 is 2.31 bits per heavy atom. The molecular formula is C23H31N3O3. The lowest BCUT2D eigenvalue weighted by Gasteiger charge is -2.47. The van der Waals surface area contributed by atoms with E-state index in [1.807, 2.05) is 13.8 Å². The maximum Gasteiger partial charge on any atom is 0.277 e. The molecule has 1 aromatic carbocycles. The van der Waals surface area contributed by atoms with E-state index in [9.17, 15) is 9.59 Å². The van der Waals surface area contributed by atoms with E-state index in [-0.39, 0.29) is 27.7 Å². The second-order valence-corrected chi connectivity index (χ2v) is 9.34. The quantitative estimate of drug-likeness (QED) is 0.632. The van der Waals surface area contributed by atoms with Crippen molar-refractivity contribution < 1.29 is 9.63 Å². The predicted molar refractivity (Wildman–Crippen MR) is 115 cm³/mol. The molecule has 2 aromatic rings. The summed E-state index contributed by atoms with van der Waals surface area (Å²) < 4.78 is 1.34. The van der Waals surface area contributed by atoms with E-state index in [0.29, 0.717) is 11.3 Å². The van der Waals surface area contributed by atoms with E-state index in [1.165, 1.54) is 4.68 Å². The highest BCUT2D eigenvalue weighted by Gasteiger charge is 2.47. The third kappa shape index (κ3) is 2.96. The van der Waals surface area contributed by atoms with Gasteiger partial charge in [0, 0.05) is 29.3 Å². The summed E-state index contributed by atoms with van der Waals surface area (Å²) in [7, 11) is 3.17. The molecule has 1 N–H and O–H groups in total. The second kappa shape index (κ2) is 6.71. The van der Waals surface area contributed by atoms with Crippen molar-refractivity contribution in [3.05, 3.63) is 55.5 Å². The number of carbonyl (C=O) groups is 1. The summed E-state index contributed by atoms with van der Waals surface area (Å²) in [6.45, 7) is 14.4. The maximum absolute atomic E-state index is 13.5. The van der Waals surface area contributed by atoms with Crippen LogP contribution in [0.4, 0.5) is 0 Å². The van der Waals surface area contributed by atoms with Gasteiger partial charge in [-0.3, -0.25) is 19.4 Å². The molecule has 0 fully saturated rings. The first-order chi connectivity index (χ1) is 13.3. The van der Waals surface area contributed by atoms with E-state index in [4.69, 9.17) is 4.84 Å². The molecule has 1 aromatic heterocycles. The molecule has 0 amide bonds. The highest BCUT2D eigenvalue weighted by Crippen LogP contribution is 2.50. The van der Waals surface area contributed by atoms with Crippen LogP contribution in [0.2, 0.25) is 0 Å². The number of benzene rings is 1. The Hall–Kier alpha value is -2.63. The number of nitrogens with one attached hydrogen (secondary N) is 1. The van der Waals surface area contributed by atoms with Gasteiger partial charge in [0.05, 0.1) is 5.71 Å². The maximum atomic E-state index is 13.5. The number of nitrogens with zero attached hydrogens (tertiary/aromatic N) is 2. The number of aromatic amines is 1. The molecule has 0 aliphatic heterocycles. The number of carbonyl (C=O) groups excluding carboxylic acids is 1. The fourth-order valence-electron chi connectivity index (χ4n) is 4.55. The number of aryl methyl sites for hydroxylation is 3. The average Bonchev–Trinajstić information content (AvgIpc) is 2.84. The number of fused-ring (bicyclic) bond motifs is 1. The third-order valence-electron chi connectivity index (χ3n) is 6.87. The Morgan fingerprint density at radius 2 is 1.79 bits per heavy atom. The highest BCUT2D eigenvalue weighted by molar-refractivity contribution is 6.15. The molecule has 6 heteroatoms. The standard InChI is InChI=1S/C23H31N3O3/c1-12-10-15-11-22(4,5)23(6,7)20(25-29-9)17(15)13(2)16(12)19(27)18-14(3)24-26(8)21(18)28/h10,24H,11H2,1-9H3/b25-20+. The molecule has 6 nitrogen and oxygen atoms in total. The number of H-pyrrole nitrogens is 1. The summed E-state index contributed by atoms with van der Waals surface area (Å²) in [6.07, 6.45) is 0.874. The molecule has 0 saturated heterocycles. The molecule has 1 aliphatic rings. The van der Waals surface area contributed by atoms with Gasteiger partial charge in [0.25, 0.3) is 5.56 Å². The molecule has 3 rings (SSSR count). The molecule has 0 radical (unpaired) electrons. The smallest absolute Gasteiger partial charge is 0.277 e. The van der Waals surface area contributed by atoms with E-state index < -0.39 is 0 Å². The van der Waals surface area contributed by atoms with Gasteiger partial charge in [-0.15, -0.1) is 0 Å². The summed E-state index contributed by atoms with van der Waals surface area (Å²) in [6, 6.07) is 2.07. The summed E-state index contributed by atoms with van der Waals surface area (Å²) in [5.74, 6) is -0.249. The van der Waals surface area contributed by atoms with Crippen LogP contribution >= 0.6 is 0 Å². The molecule has 156 valence electrons. The SMILES string of the molecule is CO/N=C1\c2c(cc(C)c(C(=O)c3c(C)[nH]n(C)c3=O)c2C)CC(C)(C)C1(C)C. The van der Waals surface area contributed by atoms with Gasteiger partial charge in [0.1, 0.15) is 12.7 Å². The number of oxime groups is 1. The molecule has 29 heavy (non-hydrogen) atoms. The summed E-state index contributed by atoms with van der Waals surface area (Å²) in [5.41, 5.74) is 5.45. The molecule has 0 bridgehead atoms. The van der Waals surface area contributed by atoms with Crippen LogP contribution in [0.3, 0.4) is 0 Å². The fourth-order valence-corrected chi connectivity index (χ4v) is 4.55. The highest BCUT2D eigenvalue weighted by atomic mass is 16.6. The summed E-state index contributed by atoms with van der Waals surface area (Å²) in [5, 5.41) is 7.33. The first-order valence-corrected chi connectivity index (χ1v) is 9.90. The van der Waals surface area contributed by atoms with E-state index >= 15 is 0 Å². The lowest BCUT2D eigenvalue weighted by molar-refractivity contribution is 0.103. The van der Waals surface area contributed by atoms with Crippen molar-refractivity contribution in [2.75, 3.05) is 7.11 Å². The predicted octanol–water partition coefficient (Wildman–Crippen LogP) is 3.83. The van der Waals surface area contributed by atoms with Crippen LogP contribution < -0.4 is 5.56 Å². The number of ketones is 1. The molecular weight excluding hydrogens is 366 g/mol. The zero-order valence-corrected chi connectivity index (χ0v) is 18.9. The number of aromatic nitrogens is 2. The lowest BCUT2D eigenvalue weighted by Crippen LogP contribution is -2.46. The lowest BCUT2D eigenvalue weighted by atomic mass is 9.56. The van der Waals surface area contributed by atoms with Gasteiger partial charge in [-0.2, -0.15) is 0 Å². The normalized spacial score (nSPS) is 18.6. The van der Waals surface area contributed by atoms with Gasteiger partial charge < -0.3 is 4.84 Å². The average molecular weight is 398 g/mol. The van der Waals surface area contributed by atoms with E-state index in [0.717, 1.165) is 34.4 Å². The Labute approximate surface area is 171 Å². The molecule has 0 spiro atoms. The Bertz CT molecular complexity index is 1100. The van der Waals surface area contributed by atoms with Crippen LogP contribution in [-0.2, 0) is 18.3 Å². The van der Waals surface area contributed by atoms with E-state index in [1.54, 1.807) is 21.1 Å². The Balaban J connectivity index is 2.33. The van der Waals surface area contributed by atoms with Crippen LogP contribution in [0.15, 0.2) is 16.0 Å². The monoisotopic (exact) mass is 397 g/mol. The zero-order valence-electron chi connectivity index (χ0n) is 18.9. The number of rotatable bonds is 3. The summed E-state index contributed by atoms with van der Waals surface area (Å²) >= 11 is 0. The van der Waals surface area contributed by atoms with E-state index in [2.05, 4.69) is 44.0 Å².